The van der Waals surface area contributed by atoms with Crippen LogP contribution in [0, 0.1) is 5.41 Å². The molecule has 1 aromatic rings. The van der Waals surface area contributed by atoms with E-state index in [1.165, 1.54) is 31.4 Å². The van der Waals surface area contributed by atoms with Crippen LogP contribution in [0.2, 0.25) is 0 Å². The van der Waals surface area contributed by atoms with Crippen molar-refractivity contribution >= 4 is 0 Å². The topological polar surface area (TPSA) is 39.1 Å². The zero-order chi connectivity index (χ0) is 13.3. The predicted molar refractivity (Wildman–Crippen MR) is 75.0 cm³/mol. The fourth-order valence-corrected chi connectivity index (χ4v) is 3.13. The summed E-state index contributed by atoms with van der Waals surface area (Å²) in [6.45, 7) is 4.26. The monoisotopic (exact) mass is 263 g/mol. The fraction of sp³-hybridized carbons (Fsp3) is 0.800. The molecule has 106 valence electrons. The van der Waals surface area contributed by atoms with E-state index in [1.54, 1.807) is 0 Å². The van der Waals surface area contributed by atoms with E-state index in [9.17, 15) is 0 Å². The highest BCUT2D eigenvalue weighted by Crippen LogP contribution is 2.39. The molecule has 2 fully saturated rings. The summed E-state index contributed by atoms with van der Waals surface area (Å²) in [6.07, 6.45) is 8.43. The highest BCUT2D eigenvalue weighted by atomic mass is 16.5. The maximum Gasteiger partial charge on any atom is 0.0616 e. The minimum atomic E-state index is 0.312. The van der Waals surface area contributed by atoms with Gasteiger partial charge in [-0.2, -0.15) is 5.10 Å². The molecule has 0 amide bonds. The molecule has 0 spiro atoms. The van der Waals surface area contributed by atoms with Crippen molar-refractivity contribution in [3.05, 3.63) is 18.0 Å². The molecule has 4 nitrogen and oxygen atoms in total. The predicted octanol–water partition coefficient (Wildman–Crippen LogP) is 1.90. The van der Waals surface area contributed by atoms with Crippen molar-refractivity contribution in [2.75, 3.05) is 13.2 Å². The second-order valence-corrected chi connectivity index (χ2v) is 6.23. The summed E-state index contributed by atoms with van der Waals surface area (Å²) in [4.78, 5) is 0. The molecule has 19 heavy (non-hydrogen) atoms. The van der Waals surface area contributed by atoms with Crippen LogP contribution in [-0.2, 0) is 18.2 Å². The van der Waals surface area contributed by atoms with Crippen molar-refractivity contribution < 1.29 is 4.74 Å². The molecular formula is C15H25N3O. The Balaban J connectivity index is 1.63. The van der Waals surface area contributed by atoms with Gasteiger partial charge in [-0.25, -0.2) is 0 Å². The highest BCUT2D eigenvalue weighted by Gasteiger charge is 2.41. The molecule has 1 aliphatic carbocycles. The van der Waals surface area contributed by atoms with Gasteiger partial charge in [0.05, 0.1) is 6.10 Å². The van der Waals surface area contributed by atoms with Gasteiger partial charge in [-0.15, -0.1) is 0 Å². The molecular weight excluding hydrogens is 238 g/mol. The van der Waals surface area contributed by atoms with Gasteiger partial charge in [0, 0.05) is 43.5 Å². The van der Waals surface area contributed by atoms with Crippen LogP contribution in [0.15, 0.2) is 12.3 Å². The SMILES string of the molecule is CC1OCCC1(CCc1ccnn1C)CNC1CC1. The average molecular weight is 263 g/mol. The van der Waals surface area contributed by atoms with Crippen LogP contribution in [0.25, 0.3) is 0 Å². The van der Waals surface area contributed by atoms with Gasteiger partial charge in [-0.3, -0.25) is 4.68 Å². The standard InChI is InChI=1S/C15H25N3O/c1-12-15(8-10-19-12,11-16-13-3-4-13)7-5-14-6-9-17-18(14)2/h6,9,12-13,16H,3-5,7-8,10-11H2,1-2H3. The van der Waals surface area contributed by atoms with Crippen LogP contribution >= 0.6 is 0 Å². The van der Waals surface area contributed by atoms with Gasteiger partial charge >= 0.3 is 0 Å². The number of ether oxygens (including phenoxy) is 1. The minimum absolute atomic E-state index is 0.312. The van der Waals surface area contributed by atoms with Gasteiger partial charge in [0.2, 0.25) is 0 Å². The Kier molecular flexibility index (Phi) is 3.63. The summed E-state index contributed by atoms with van der Waals surface area (Å²) in [5.74, 6) is 0. The summed E-state index contributed by atoms with van der Waals surface area (Å²) in [6, 6.07) is 2.91. The third-order valence-corrected chi connectivity index (χ3v) is 4.95. The fourth-order valence-electron chi connectivity index (χ4n) is 3.13. The normalized spacial score (nSPS) is 30.9. The molecule has 2 heterocycles. The van der Waals surface area contributed by atoms with Crippen LogP contribution in [-0.4, -0.2) is 35.1 Å². The van der Waals surface area contributed by atoms with E-state index >= 15 is 0 Å². The zero-order valence-electron chi connectivity index (χ0n) is 12.1. The van der Waals surface area contributed by atoms with E-state index in [0.717, 1.165) is 25.6 Å². The summed E-state index contributed by atoms with van der Waals surface area (Å²) < 4.78 is 7.85. The molecule has 0 bridgehead atoms. The average Bonchev–Trinajstić information content (AvgIpc) is 3.04. The Morgan fingerprint density at radius 2 is 2.37 bits per heavy atom. The second-order valence-electron chi connectivity index (χ2n) is 6.23. The Bertz CT molecular complexity index is 427. The lowest BCUT2D eigenvalue weighted by Gasteiger charge is -2.33. The molecule has 1 aromatic heterocycles. The van der Waals surface area contributed by atoms with Crippen molar-refractivity contribution in [3.8, 4) is 0 Å². The number of nitrogens with zero attached hydrogens (tertiary/aromatic N) is 2. The van der Waals surface area contributed by atoms with Crippen LogP contribution < -0.4 is 5.32 Å². The Morgan fingerprint density at radius 1 is 1.53 bits per heavy atom. The van der Waals surface area contributed by atoms with Gasteiger partial charge in [0.1, 0.15) is 0 Å². The van der Waals surface area contributed by atoms with E-state index in [4.69, 9.17) is 4.74 Å². The molecule has 1 saturated carbocycles. The molecule has 2 unspecified atom stereocenters. The first-order valence-corrected chi connectivity index (χ1v) is 7.51. The first-order valence-electron chi connectivity index (χ1n) is 7.51. The van der Waals surface area contributed by atoms with Crippen molar-refractivity contribution in [2.45, 2.75) is 51.2 Å². The molecule has 1 aliphatic heterocycles. The van der Waals surface area contributed by atoms with Crippen molar-refractivity contribution in [1.82, 2.24) is 15.1 Å². The molecule has 4 heteroatoms. The molecule has 2 aliphatic rings. The van der Waals surface area contributed by atoms with Gasteiger partial charge in [-0.05, 0) is 45.1 Å². The van der Waals surface area contributed by atoms with E-state index in [-0.39, 0.29) is 0 Å². The van der Waals surface area contributed by atoms with Gasteiger partial charge in [0.15, 0.2) is 0 Å². The van der Waals surface area contributed by atoms with E-state index in [2.05, 4.69) is 23.4 Å². The van der Waals surface area contributed by atoms with Crippen LogP contribution in [0.3, 0.4) is 0 Å². The number of hydrogen-bond donors (Lipinski definition) is 1. The first-order chi connectivity index (χ1) is 9.20. The van der Waals surface area contributed by atoms with E-state index in [0.29, 0.717) is 11.5 Å². The van der Waals surface area contributed by atoms with Crippen molar-refractivity contribution in [2.24, 2.45) is 12.5 Å². The van der Waals surface area contributed by atoms with Gasteiger partial charge in [0.25, 0.3) is 0 Å². The highest BCUT2D eigenvalue weighted by molar-refractivity contribution is 5.03. The Morgan fingerprint density at radius 3 is 2.95 bits per heavy atom. The first kappa shape index (κ1) is 13.1. The Hall–Kier alpha value is -0.870. The number of aromatic nitrogens is 2. The third-order valence-electron chi connectivity index (χ3n) is 4.95. The van der Waals surface area contributed by atoms with Crippen LogP contribution in [0.4, 0.5) is 0 Å². The molecule has 2 atom stereocenters. The lowest BCUT2D eigenvalue weighted by Crippen LogP contribution is -2.40. The number of aryl methyl sites for hydroxylation is 2. The third kappa shape index (κ3) is 2.84. The van der Waals surface area contributed by atoms with Crippen molar-refractivity contribution in [3.63, 3.8) is 0 Å². The molecule has 0 aromatic carbocycles. The summed E-state index contributed by atoms with van der Waals surface area (Å²) in [5.41, 5.74) is 1.64. The molecule has 1 saturated heterocycles. The molecule has 3 rings (SSSR count). The van der Waals surface area contributed by atoms with Crippen LogP contribution in [0.1, 0.15) is 38.3 Å². The number of rotatable bonds is 6. The largest absolute Gasteiger partial charge is 0.378 e. The summed E-state index contributed by atoms with van der Waals surface area (Å²) in [7, 11) is 2.03. The van der Waals surface area contributed by atoms with E-state index < -0.39 is 0 Å². The minimum Gasteiger partial charge on any atom is -0.378 e. The summed E-state index contributed by atoms with van der Waals surface area (Å²) in [5, 5.41) is 7.97. The van der Waals surface area contributed by atoms with Crippen LogP contribution in [0.5, 0.6) is 0 Å². The summed E-state index contributed by atoms with van der Waals surface area (Å²) >= 11 is 0. The maximum atomic E-state index is 5.86. The molecule has 1 N–H and O–H groups in total. The second kappa shape index (κ2) is 5.25. The number of hydrogen-bond acceptors (Lipinski definition) is 3. The smallest absolute Gasteiger partial charge is 0.0616 e. The zero-order valence-corrected chi connectivity index (χ0v) is 12.1. The van der Waals surface area contributed by atoms with E-state index in [1.807, 2.05) is 17.9 Å². The Labute approximate surface area is 115 Å². The lowest BCUT2D eigenvalue weighted by molar-refractivity contribution is 0.0582. The number of nitrogens with one attached hydrogen (secondary N) is 1. The molecule has 0 radical (unpaired) electrons. The lowest BCUT2D eigenvalue weighted by atomic mass is 9.77. The van der Waals surface area contributed by atoms with Gasteiger partial charge in [-0.1, -0.05) is 0 Å². The quantitative estimate of drug-likeness (QED) is 0.852. The van der Waals surface area contributed by atoms with Crippen molar-refractivity contribution in [1.29, 1.82) is 0 Å². The maximum absolute atomic E-state index is 5.86. The van der Waals surface area contributed by atoms with Gasteiger partial charge < -0.3 is 10.1 Å².